The van der Waals surface area contributed by atoms with Gasteiger partial charge in [-0.1, -0.05) is 12.1 Å². The van der Waals surface area contributed by atoms with Gasteiger partial charge in [0.05, 0.1) is 17.6 Å². The Kier molecular flexibility index (Phi) is 3.50. The van der Waals surface area contributed by atoms with Gasteiger partial charge in [-0.15, -0.1) is 0 Å². The van der Waals surface area contributed by atoms with Gasteiger partial charge in [0.25, 0.3) is 0 Å². The molecule has 102 valence electrons. The minimum atomic E-state index is 0.255. The molecule has 1 atom stereocenters. The smallest absolute Gasteiger partial charge is 0.138 e. The lowest BCUT2D eigenvalue weighted by Gasteiger charge is -2.17. The largest absolute Gasteiger partial charge is 0.469 e. The van der Waals surface area contributed by atoms with Crippen molar-refractivity contribution in [3.63, 3.8) is 0 Å². The van der Waals surface area contributed by atoms with Crippen molar-refractivity contribution in [1.29, 1.82) is 0 Å². The number of rotatable bonds is 5. The first-order valence-corrected chi connectivity index (χ1v) is 6.56. The lowest BCUT2D eigenvalue weighted by Crippen LogP contribution is -2.19. The van der Waals surface area contributed by atoms with Crippen LogP contribution in [0.5, 0.6) is 0 Å². The zero-order valence-electron chi connectivity index (χ0n) is 11.2. The van der Waals surface area contributed by atoms with Crippen molar-refractivity contribution >= 4 is 5.69 Å². The van der Waals surface area contributed by atoms with E-state index in [2.05, 4.69) is 22.3 Å². The summed E-state index contributed by atoms with van der Waals surface area (Å²) in [5.41, 5.74) is 2.01. The zero-order valence-corrected chi connectivity index (χ0v) is 11.2. The Morgan fingerprint density at radius 1 is 1.25 bits per heavy atom. The first kappa shape index (κ1) is 12.5. The monoisotopic (exact) mass is 268 g/mol. The Morgan fingerprint density at radius 2 is 2.15 bits per heavy atom. The van der Waals surface area contributed by atoms with Crippen LogP contribution in [0.1, 0.15) is 12.7 Å². The molecule has 3 rings (SSSR count). The molecule has 0 aliphatic rings. The molecule has 1 unspecified atom stereocenters. The van der Waals surface area contributed by atoms with Crippen LogP contribution in [0.4, 0.5) is 5.69 Å². The minimum absolute atomic E-state index is 0.255. The van der Waals surface area contributed by atoms with E-state index < -0.39 is 0 Å². The number of furan rings is 1. The van der Waals surface area contributed by atoms with Gasteiger partial charge in [-0.2, -0.15) is 5.10 Å². The normalized spacial score (nSPS) is 12.2. The highest BCUT2D eigenvalue weighted by Crippen LogP contribution is 2.20. The number of para-hydroxylation sites is 2. The van der Waals surface area contributed by atoms with Crippen LogP contribution in [-0.2, 0) is 6.42 Å². The van der Waals surface area contributed by atoms with Crippen LogP contribution in [0.15, 0.2) is 59.7 Å². The maximum Gasteiger partial charge on any atom is 0.138 e. The number of aromatic nitrogens is 3. The summed E-state index contributed by atoms with van der Waals surface area (Å²) in [6.45, 7) is 2.13. The number of hydrogen-bond acceptors (Lipinski definition) is 4. The molecule has 2 aromatic heterocycles. The molecule has 5 heteroatoms. The van der Waals surface area contributed by atoms with Crippen LogP contribution in [0, 0.1) is 0 Å². The maximum absolute atomic E-state index is 5.38. The molecular weight excluding hydrogens is 252 g/mol. The van der Waals surface area contributed by atoms with E-state index in [4.69, 9.17) is 4.42 Å². The molecule has 3 aromatic rings. The molecular formula is C15H16N4O. The number of anilines is 1. The van der Waals surface area contributed by atoms with E-state index in [-0.39, 0.29) is 6.04 Å². The van der Waals surface area contributed by atoms with E-state index in [1.165, 1.54) is 6.33 Å². The molecule has 0 bridgehead atoms. The van der Waals surface area contributed by atoms with Crippen LogP contribution in [0.25, 0.3) is 5.69 Å². The summed E-state index contributed by atoms with van der Waals surface area (Å²) in [4.78, 5) is 3.99. The first-order chi connectivity index (χ1) is 9.83. The van der Waals surface area contributed by atoms with Crippen molar-refractivity contribution in [2.24, 2.45) is 0 Å². The molecule has 0 amide bonds. The van der Waals surface area contributed by atoms with Gasteiger partial charge in [-0.25, -0.2) is 9.67 Å². The second kappa shape index (κ2) is 5.61. The van der Waals surface area contributed by atoms with E-state index in [1.54, 1.807) is 17.3 Å². The first-order valence-electron chi connectivity index (χ1n) is 6.56. The van der Waals surface area contributed by atoms with Crippen molar-refractivity contribution < 1.29 is 4.42 Å². The minimum Gasteiger partial charge on any atom is -0.469 e. The molecule has 0 saturated carbocycles. The standard InChI is InChI=1S/C15H16N4O/c1-12(9-13-5-4-8-20-13)18-14-6-2-3-7-15(14)19-11-16-10-17-19/h2-8,10-12,18H,9H2,1H3. The van der Waals surface area contributed by atoms with Crippen molar-refractivity contribution in [3.8, 4) is 5.69 Å². The number of nitrogens with one attached hydrogen (secondary N) is 1. The average molecular weight is 268 g/mol. The lowest BCUT2D eigenvalue weighted by atomic mass is 10.1. The van der Waals surface area contributed by atoms with E-state index in [1.807, 2.05) is 36.4 Å². The molecule has 0 aliphatic carbocycles. The van der Waals surface area contributed by atoms with Crippen LogP contribution in [-0.4, -0.2) is 20.8 Å². The van der Waals surface area contributed by atoms with E-state index in [9.17, 15) is 0 Å². The molecule has 0 fully saturated rings. The van der Waals surface area contributed by atoms with Crippen molar-refractivity contribution in [3.05, 3.63) is 61.1 Å². The Labute approximate surface area is 117 Å². The quantitative estimate of drug-likeness (QED) is 0.773. The number of nitrogens with zero attached hydrogens (tertiary/aromatic N) is 3. The molecule has 2 heterocycles. The van der Waals surface area contributed by atoms with E-state index >= 15 is 0 Å². The van der Waals surface area contributed by atoms with Gasteiger partial charge in [-0.3, -0.25) is 0 Å². The molecule has 0 saturated heterocycles. The van der Waals surface area contributed by atoms with Crippen molar-refractivity contribution in [1.82, 2.24) is 14.8 Å². The van der Waals surface area contributed by atoms with Gasteiger partial charge in [0, 0.05) is 12.5 Å². The summed E-state index contributed by atoms with van der Waals surface area (Å²) in [5.74, 6) is 0.975. The van der Waals surface area contributed by atoms with Crippen LogP contribution in [0.3, 0.4) is 0 Å². The third-order valence-electron chi connectivity index (χ3n) is 3.06. The van der Waals surface area contributed by atoms with Gasteiger partial charge >= 0.3 is 0 Å². The molecule has 20 heavy (non-hydrogen) atoms. The predicted molar refractivity (Wildman–Crippen MR) is 76.9 cm³/mol. The van der Waals surface area contributed by atoms with E-state index in [0.29, 0.717) is 0 Å². The van der Waals surface area contributed by atoms with Crippen molar-refractivity contribution in [2.45, 2.75) is 19.4 Å². The topological polar surface area (TPSA) is 55.9 Å². The van der Waals surface area contributed by atoms with Gasteiger partial charge in [0.1, 0.15) is 18.4 Å². The highest BCUT2D eigenvalue weighted by atomic mass is 16.3. The Morgan fingerprint density at radius 3 is 2.90 bits per heavy atom. The Hall–Kier alpha value is -2.56. The lowest BCUT2D eigenvalue weighted by molar-refractivity contribution is 0.497. The summed E-state index contributed by atoms with van der Waals surface area (Å²) in [6.07, 6.45) is 5.75. The molecule has 1 N–H and O–H groups in total. The highest BCUT2D eigenvalue weighted by molar-refractivity contribution is 5.60. The summed E-state index contributed by atoms with van der Waals surface area (Å²) < 4.78 is 7.13. The van der Waals surface area contributed by atoms with Crippen LogP contribution >= 0.6 is 0 Å². The second-order valence-electron chi connectivity index (χ2n) is 4.69. The van der Waals surface area contributed by atoms with Crippen LogP contribution in [0.2, 0.25) is 0 Å². The molecule has 0 radical (unpaired) electrons. The summed E-state index contributed by atoms with van der Waals surface area (Å²) in [5, 5.41) is 7.67. The fraction of sp³-hybridized carbons (Fsp3) is 0.200. The average Bonchev–Trinajstić information content (AvgIpc) is 3.11. The van der Waals surface area contributed by atoms with Gasteiger partial charge in [-0.05, 0) is 31.2 Å². The summed E-state index contributed by atoms with van der Waals surface area (Å²) in [7, 11) is 0. The Bertz CT molecular complexity index is 646. The number of hydrogen-bond donors (Lipinski definition) is 1. The fourth-order valence-corrected chi connectivity index (χ4v) is 2.18. The molecule has 1 aromatic carbocycles. The maximum atomic E-state index is 5.38. The third-order valence-corrected chi connectivity index (χ3v) is 3.06. The summed E-state index contributed by atoms with van der Waals surface area (Å²) in [6, 6.07) is 12.2. The number of benzene rings is 1. The SMILES string of the molecule is CC(Cc1ccco1)Nc1ccccc1-n1cncn1. The third kappa shape index (κ3) is 2.71. The van der Waals surface area contributed by atoms with Gasteiger partial charge < -0.3 is 9.73 Å². The van der Waals surface area contributed by atoms with Gasteiger partial charge in [0.15, 0.2) is 0 Å². The predicted octanol–water partition coefficient (Wildman–Crippen LogP) is 2.90. The van der Waals surface area contributed by atoms with Crippen molar-refractivity contribution in [2.75, 3.05) is 5.32 Å². The van der Waals surface area contributed by atoms with Gasteiger partial charge in [0.2, 0.25) is 0 Å². The fourth-order valence-electron chi connectivity index (χ4n) is 2.18. The zero-order chi connectivity index (χ0) is 13.8. The molecule has 5 nitrogen and oxygen atoms in total. The molecule has 0 aliphatic heterocycles. The second-order valence-corrected chi connectivity index (χ2v) is 4.69. The highest BCUT2D eigenvalue weighted by Gasteiger charge is 2.09. The molecule has 0 spiro atoms. The van der Waals surface area contributed by atoms with E-state index in [0.717, 1.165) is 23.6 Å². The Balaban J connectivity index is 1.77. The van der Waals surface area contributed by atoms with Crippen LogP contribution < -0.4 is 5.32 Å². The summed E-state index contributed by atoms with van der Waals surface area (Å²) >= 11 is 0.